The molecule has 0 aliphatic rings. The second-order valence-electron chi connectivity index (χ2n) is 7.05. The van der Waals surface area contributed by atoms with E-state index in [2.05, 4.69) is 20.2 Å². The van der Waals surface area contributed by atoms with Crippen molar-refractivity contribution in [3.8, 4) is 28.4 Å². The van der Waals surface area contributed by atoms with Crippen LogP contribution >= 0.6 is 11.6 Å². The van der Waals surface area contributed by atoms with Gasteiger partial charge in [-0.3, -0.25) is 0 Å². The Kier molecular flexibility index (Phi) is 5.86. The van der Waals surface area contributed by atoms with E-state index < -0.39 is 46.2 Å². The van der Waals surface area contributed by atoms with E-state index in [1.165, 1.54) is 25.1 Å². The van der Waals surface area contributed by atoms with Gasteiger partial charge in [-0.25, -0.2) is 23.8 Å². The summed E-state index contributed by atoms with van der Waals surface area (Å²) in [6.07, 6.45) is -4.12. The summed E-state index contributed by atoms with van der Waals surface area (Å²) < 4.78 is 67.6. The lowest BCUT2D eigenvalue weighted by atomic mass is 10.0. The van der Waals surface area contributed by atoms with Crippen molar-refractivity contribution in [1.29, 1.82) is 0 Å². The zero-order valence-corrected chi connectivity index (χ0v) is 18.5. The molecule has 0 radical (unpaired) electrons. The molecule has 0 unspecified atom stereocenters. The lowest BCUT2D eigenvalue weighted by molar-refractivity contribution is -0.142. The number of carbonyl (C=O) groups excluding carboxylic acids is 1. The van der Waals surface area contributed by atoms with Crippen LogP contribution in [0.25, 0.3) is 28.4 Å². The highest BCUT2D eigenvalue weighted by atomic mass is 35.5. The summed E-state index contributed by atoms with van der Waals surface area (Å²) in [7, 11) is 1.01. The number of benzene rings is 1. The molecule has 176 valence electrons. The zero-order valence-electron chi connectivity index (χ0n) is 17.7. The second-order valence-corrected chi connectivity index (χ2v) is 7.46. The van der Waals surface area contributed by atoms with Crippen LogP contribution in [-0.2, 0) is 10.9 Å². The maximum absolute atomic E-state index is 14.5. The van der Waals surface area contributed by atoms with Crippen LogP contribution < -0.4 is 0 Å². The highest BCUT2D eigenvalue weighted by molar-refractivity contribution is 6.33. The minimum atomic E-state index is -4.96. The van der Waals surface area contributed by atoms with Gasteiger partial charge in [0.2, 0.25) is 0 Å². The molecule has 0 amide bonds. The Balaban J connectivity index is 2.02. The third kappa shape index (κ3) is 4.00. The molecular weight excluding hydrogens is 482 g/mol. The Bertz CT molecular complexity index is 1370. The monoisotopic (exact) mass is 495 g/mol. The molecule has 0 bridgehead atoms. The van der Waals surface area contributed by atoms with Crippen LogP contribution in [0, 0.1) is 19.7 Å². The summed E-state index contributed by atoms with van der Waals surface area (Å²) in [5.41, 5.74) is -2.80. The van der Waals surface area contributed by atoms with E-state index in [-0.39, 0.29) is 22.2 Å². The molecule has 0 atom stereocenters. The van der Waals surface area contributed by atoms with Crippen molar-refractivity contribution >= 4 is 17.6 Å². The predicted molar refractivity (Wildman–Crippen MR) is 111 cm³/mol. The Morgan fingerprint density at radius 2 is 1.94 bits per heavy atom. The fourth-order valence-corrected chi connectivity index (χ4v) is 3.68. The number of hydrogen-bond donors (Lipinski definition) is 0. The van der Waals surface area contributed by atoms with Gasteiger partial charge in [-0.15, -0.1) is 0 Å². The van der Waals surface area contributed by atoms with E-state index in [1.54, 1.807) is 6.92 Å². The lowest BCUT2D eigenvalue weighted by Gasteiger charge is -2.12. The number of rotatable bonds is 4. The standard InChI is InChI=1S/C21H14ClF4N5O3/c1-9-7-14(29-10(2)28-9)31-19(21(24,25)26)11(8-27-31)18-16(20(32)33-3)17(30-34-18)15-12(22)5-4-6-13(15)23/h4-8H,1-3H3. The number of aryl methyl sites for hydroxylation is 2. The number of halogens is 5. The molecule has 8 nitrogen and oxygen atoms in total. The summed E-state index contributed by atoms with van der Waals surface area (Å²) in [5.74, 6) is -2.52. The normalized spacial score (nSPS) is 11.6. The fraction of sp³-hybridized carbons (Fsp3) is 0.190. The molecule has 3 heterocycles. The van der Waals surface area contributed by atoms with Gasteiger partial charge in [0.15, 0.2) is 17.3 Å². The molecule has 0 N–H and O–H groups in total. The fourth-order valence-electron chi connectivity index (χ4n) is 3.43. The van der Waals surface area contributed by atoms with Crippen LogP contribution in [0.1, 0.15) is 27.6 Å². The van der Waals surface area contributed by atoms with Crippen LogP contribution in [0.2, 0.25) is 5.02 Å². The van der Waals surface area contributed by atoms with Crippen molar-refractivity contribution < 1.29 is 31.6 Å². The first-order chi connectivity index (χ1) is 16.0. The third-order valence-electron chi connectivity index (χ3n) is 4.73. The van der Waals surface area contributed by atoms with E-state index in [1.807, 2.05) is 0 Å². The molecule has 13 heteroatoms. The van der Waals surface area contributed by atoms with Crippen molar-refractivity contribution in [2.75, 3.05) is 7.11 Å². The van der Waals surface area contributed by atoms with Gasteiger partial charge >= 0.3 is 12.1 Å². The maximum Gasteiger partial charge on any atom is 0.434 e. The minimum Gasteiger partial charge on any atom is -0.465 e. The molecule has 0 aliphatic heterocycles. The molecule has 0 saturated heterocycles. The third-order valence-corrected chi connectivity index (χ3v) is 5.05. The average molecular weight is 496 g/mol. The largest absolute Gasteiger partial charge is 0.465 e. The minimum absolute atomic E-state index is 0.135. The van der Waals surface area contributed by atoms with Crippen molar-refractivity contribution in [2.24, 2.45) is 0 Å². The summed E-state index contributed by atoms with van der Waals surface area (Å²) in [6.45, 7) is 3.11. The highest BCUT2D eigenvalue weighted by Crippen LogP contribution is 2.43. The number of alkyl halides is 3. The van der Waals surface area contributed by atoms with Gasteiger partial charge in [0.1, 0.15) is 22.9 Å². The van der Waals surface area contributed by atoms with E-state index in [0.717, 1.165) is 19.4 Å². The topological polar surface area (TPSA) is 95.9 Å². The van der Waals surface area contributed by atoms with Crippen LogP contribution in [0.4, 0.5) is 17.6 Å². The van der Waals surface area contributed by atoms with Crippen LogP contribution in [0.5, 0.6) is 0 Å². The molecule has 0 fully saturated rings. The van der Waals surface area contributed by atoms with Gasteiger partial charge in [-0.1, -0.05) is 22.8 Å². The Morgan fingerprint density at radius 1 is 1.21 bits per heavy atom. The van der Waals surface area contributed by atoms with Gasteiger partial charge in [0.05, 0.1) is 29.5 Å². The van der Waals surface area contributed by atoms with E-state index in [9.17, 15) is 22.4 Å². The molecule has 3 aromatic heterocycles. The average Bonchev–Trinajstić information content (AvgIpc) is 3.37. The summed E-state index contributed by atoms with van der Waals surface area (Å²) in [6, 6.07) is 5.01. The summed E-state index contributed by atoms with van der Waals surface area (Å²) in [5, 5.41) is 7.34. The van der Waals surface area contributed by atoms with Gasteiger partial charge in [-0.05, 0) is 26.0 Å². The molecule has 1 aromatic carbocycles. The van der Waals surface area contributed by atoms with Crippen molar-refractivity contribution in [2.45, 2.75) is 20.0 Å². The van der Waals surface area contributed by atoms with Crippen LogP contribution in [0.15, 0.2) is 35.0 Å². The molecule has 0 saturated carbocycles. The van der Waals surface area contributed by atoms with Crippen LogP contribution in [-0.4, -0.2) is 38.0 Å². The first kappa shape index (κ1) is 23.4. The number of aromatic nitrogens is 5. The number of methoxy groups -OCH3 is 1. The number of nitrogens with zero attached hydrogens (tertiary/aromatic N) is 5. The predicted octanol–water partition coefficient (Wildman–Crippen LogP) is 5.20. The second kappa shape index (κ2) is 8.52. The van der Waals surface area contributed by atoms with E-state index in [4.69, 9.17) is 20.9 Å². The lowest BCUT2D eigenvalue weighted by Crippen LogP contribution is -2.16. The van der Waals surface area contributed by atoms with Gasteiger partial charge in [0, 0.05) is 11.8 Å². The van der Waals surface area contributed by atoms with E-state index in [0.29, 0.717) is 10.4 Å². The molecule has 34 heavy (non-hydrogen) atoms. The van der Waals surface area contributed by atoms with Gasteiger partial charge in [0.25, 0.3) is 0 Å². The van der Waals surface area contributed by atoms with E-state index >= 15 is 0 Å². The first-order valence-corrected chi connectivity index (χ1v) is 9.91. The molecule has 0 aliphatic carbocycles. The molecule has 4 rings (SSSR count). The highest BCUT2D eigenvalue weighted by Gasteiger charge is 2.42. The van der Waals surface area contributed by atoms with Crippen molar-refractivity contribution in [1.82, 2.24) is 24.9 Å². The quantitative estimate of drug-likeness (QED) is 0.283. The first-order valence-electron chi connectivity index (χ1n) is 9.53. The summed E-state index contributed by atoms with van der Waals surface area (Å²) in [4.78, 5) is 20.7. The molecule has 0 spiro atoms. The molecular formula is C21H14ClF4N5O3. The van der Waals surface area contributed by atoms with Gasteiger partial charge < -0.3 is 9.26 Å². The molecule has 4 aromatic rings. The smallest absolute Gasteiger partial charge is 0.434 e. The Hall–Kier alpha value is -3.80. The number of ether oxygens (including phenoxy) is 1. The van der Waals surface area contributed by atoms with Crippen LogP contribution in [0.3, 0.4) is 0 Å². The van der Waals surface area contributed by atoms with Gasteiger partial charge in [-0.2, -0.15) is 18.3 Å². The van der Waals surface area contributed by atoms with Crippen molar-refractivity contribution in [3.63, 3.8) is 0 Å². The Morgan fingerprint density at radius 3 is 2.56 bits per heavy atom. The summed E-state index contributed by atoms with van der Waals surface area (Å²) >= 11 is 6.07. The maximum atomic E-state index is 14.5. The zero-order chi connectivity index (χ0) is 24.8. The SMILES string of the molecule is COC(=O)c1c(-c2c(F)cccc2Cl)noc1-c1cnn(-c2cc(C)nc(C)n2)c1C(F)(F)F. The number of carbonyl (C=O) groups is 1. The number of esters is 1. The van der Waals surface area contributed by atoms with Crippen molar-refractivity contribution in [3.05, 3.63) is 64.1 Å². The Labute approximate surface area is 194 Å². The number of hydrogen-bond acceptors (Lipinski definition) is 7.